The number of aromatic nitrogens is 1. The molecule has 1 aromatic heterocycles. The summed E-state index contributed by atoms with van der Waals surface area (Å²) in [5.74, 6) is -0.408. The number of pyridine rings is 1. The summed E-state index contributed by atoms with van der Waals surface area (Å²) >= 11 is 0. The minimum absolute atomic E-state index is 0.0912. The van der Waals surface area contributed by atoms with E-state index in [9.17, 15) is 4.79 Å². The number of rotatable bonds is 3. The fourth-order valence-electron chi connectivity index (χ4n) is 1.53. The standard InChI is InChI=1S/C11H12N4O/c12-8-3-4-9(15-6-10(13)16)7-2-1-5-14-11(7)8/h1-5,15H,6,12H2,(H2,13,16). The molecule has 2 rings (SSSR count). The van der Waals surface area contributed by atoms with Crippen molar-refractivity contribution in [2.75, 3.05) is 17.6 Å². The van der Waals surface area contributed by atoms with Gasteiger partial charge < -0.3 is 16.8 Å². The zero-order valence-corrected chi connectivity index (χ0v) is 8.60. The van der Waals surface area contributed by atoms with Gasteiger partial charge in [-0.05, 0) is 24.3 Å². The molecule has 0 saturated carbocycles. The van der Waals surface area contributed by atoms with Crippen molar-refractivity contribution >= 4 is 28.2 Å². The van der Waals surface area contributed by atoms with Gasteiger partial charge in [0.05, 0.1) is 17.7 Å². The van der Waals surface area contributed by atoms with Gasteiger partial charge in [0.1, 0.15) is 0 Å². The van der Waals surface area contributed by atoms with Gasteiger partial charge in [-0.1, -0.05) is 0 Å². The summed E-state index contributed by atoms with van der Waals surface area (Å²) in [6.45, 7) is 0.0912. The predicted molar refractivity (Wildman–Crippen MR) is 63.8 cm³/mol. The summed E-state index contributed by atoms with van der Waals surface area (Å²) in [5, 5.41) is 3.82. The number of hydrogen-bond acceptors (Lipinski definition) is 4. The third-order valence-electron chi connectivity index (χ3n) is 2.25. The minimum atomic E-state index is -0.408. The Hall–Kier alpha value is -2.30. The van der Waals surface area contributed by atoms with E-state index >= 15 is 0 Å². The van der Waals surface area contributed by atoms with Crippen LogP contribution in [0.15, 0.2) is 30.5 Å². The monoisotopic (exact) mass is 216 g/mol. The zero-order chi connectivity index (χ0) is 11.5. The third-order valence-corrected chi connectivity index (χ3v) is 2.25. The van der Waals surface area contributed by atoms with E-state index in [1.165, 1.54) is 0 Å². The first-order chi connectivity index (χ1) is 7.68. The van der Waals surface area contributed by atoms with Crippen LogP contribution in [0.1, 0.15) is 0 Å². The number of nitrogens with two attached hydrogens (primary N) is 2. The number of fused-ring (bicyclic) bond motifs is 1. The number of benzene rings is 1. The van der Waals surface area contributed by atoms with Gasteiger partial charge in [-0.25, -0.2) is 0 Å². The van der Waals surface area contributed by atoms with Crippen LogP contribution in [-0.4, -0.2) is 17.4 Å². The van der Waals surface area contributed by atoms with Crippen LogP contribution in [0.3, 0.4) is 0 Å². The van der Waals surface area contributed by atoms with Crippen LogP contribution in [0.4, 0.5) is 11.4 Å². The van der Waals surface area contributed by atoms with E-state index in [0.717, 1.165) is 16.6 Å². The number of carbonyl (C=O) groups excluding carboxylic acids is 1. The lowest BCUT2D eigenvalue weighted by molar-refractivity contribution is -0.116. The molecule has 0 radical (unpaired) electrons. The van der Waals surface area contributed by atoms with Crippen molar-refractivity contribution in [2.45, 2.75) is 0 Å². The second-order valence-corrected chi connectivity index (χ2v) is 3.42. The maximum absolute atomic E-state index is 10.7. The summed E-state index contributed by atoms with van der Waals surface area (Å²) in [5.41, 5.74) is 13.0. The highest BCUT2D eigenvalue weighted by Gasteiger charge is 2.04. The molecule has 0 aliphatic heterocycles. The quantitative estimate of drug-likeness (QED) is 0.659. The molecule has 2 aromatic rings. The first kappa shape index (κ1) is 10.2. The SMILES string of the molecule is NC(=O)CNc1ccc(N)c2ncccc12. The molecule has 16 heavy (non-hydrogen) atoms. The summed E-state index contributed by atoms with van der Waals surface area (Å²) in [6.07, 6.45) is 1.68. The van der Waals surface area contributed by atoms with Crippen molar-refractivity contribution in [1.29, 1.82) is 0 Å². The summed E-state index contributed by atoms with van der Waals surface area (Å²) < 4.78 is 0. The van der Waals surface area contributed by atoms with E-state index in [2.05, 4.69) is 10.3 Å². The molecular weight excluding hydrogens is 204 g/mol. The van der Waals surface area contributed by atoms with Crippen molar-refractivity contribution < 1.29 is 4.79 Å². The molecule has 0 spiro atoms. The van der Waals surface area contributed by atoms with Crippen molar-refractivity contribution in [3.8, 4) is 0 Å². The first-order valence-electron chi connectivity index (χ1n) is 4.84. The smallest absolute Gasteiger partial charge is 0.236 e. The molecule has 5 N–H and O–H groups in total. The molecule has 1 aromatic carbocycles. The van der Waals surface area contributed by atoms with Crippen LogP contribution < -0.4 is 16.8 Å². The van der Waals surface area contributed by atoms with Gasteiger partial charge in [0.25, 0.3) is 0 Å². The Morgan fingerprint density at radius 2 is 2.19 bits per heavy atom. The normalized spacial score (nSPS) is 10.2. The van der Waals surface area contributed by atoms with Gasteiger partial charge in [0, 0.05) is 17.3 Å². The number of primary amides is 1. The van der Waals surface area contributed by atoms with E-state index in [0.29, 0.717) is 5.69 Å². The Morgan fingerprint density at radius 3 is 2.94 bits per heavy atom. The Kier molecular flexibility index (Phi) is 2.59. The largest absolute Gasteiger partial charge is 0.397 e. The van der Waals surface area contributed by atoms with Gasteiger partial charge >= 0.3 is 0 Å². The van der Waals surface area contributed by atoms with Crippen LogP contribution in [-0.2, 0) is 4.79 Å². The highest BCUT2D eigenvalue weighted by Crippen LogP contribution is 2.25. The van der Waals surface area contributed by atoms with E-state index in [-0.39, 0.29) is 6.54 Å². The number of carbonyl (C=O) groups is 1. The molecule has 1 heterocycles. The van der Waals surface area contributed by atoms with Crippen LogP contribution in [0.25, 0.3) is 10.9 Å². The highest BCUT2D eigenvalue weighted by molar-refractivity contribution is 5.99. The lowest BCUT2D eigenvalue weighted by Gasteiger charge is -2.09. The number of nitrogen functional groups attached to an aromatic ring is 1. The van der Waals surface area contributed by atoms with Gasteiger partial charge in [-0.3, -0.25) is 9.78 Å². The molecule has 0 unspecified atom stereocenters. The van der Waals surface area contributed by atoms with E-state index in [4.69, 9.17) is 11.5 Å². The average Bonchev–Trinajstić information content (AvgIpc) is 2.28. The Balaban J connectivity index is 2.46. The summed E-state index contributed by atoms with van der Waals surface area (Å²) in [4.78, 5) is 14.9. The molecule has 0 bridgehead atoms. The number of nitrogens with zero attached hydrogens (tertiary/aromatic N) is 1. The van der Waals surface area contributed by atoms with E-state index < -0.39 is 5.91 Å². The van der Waals surface area contributed by atoms with Crippen LogP contribution in [0.2, 0.25) is 0 Å². The number of hydrogen-bond donors (Lipinski definition) is 3. The minimum Gasteiger partial charge on any atom is -0.397 e. The topological polar surface area (TPSA) is 94.0 Å². The molecule has 0 saturated heterocycles. The number of anilines is 2. The van der Waals surface area contributed by atoms with Crippen molar-refractivity contribution in [1.82, 2.24) is 4.98 Å². The summed E-state index contributed by atoms with van der Waals surface area (Å²) in [6, 6.07) is 7.26. The van der Waals surface area contributed by atoms with Gasteiger partial charge in [-0.15, -0.1) is 0 Å². The molecule has 1 amide bonds. The van der Waals surface area contributed by atoms with Crippen LogP contribution in [0, 0.1) is 0 Å². The lowest BCUT2D eigenvalue weighted by atomic mass is 10.1. The Morgan fingerprint density at radius 1 is 1.38 bits per heavy atom. The second-order valence-electron chi connectivity index (χ2n) is 3.42. The van der Waals surface area contributed by atoms with E-state index in [1.807, 2.05) is 18.2 Å². The first-order valence-corrected chi connectivity index (χ1v) is 4.84. The fraction of sp³-hybridized carbons (Fsp3) is 0.0909. The van der Waals surface area contributed by atoms with Crippen LogP contribution >= 0.6 is 0 Å². The number of nitrogens with one attached hydrogen (secondary N) is 1. The van der Waals surface area contributed by atoms with Crippen LogP contribution in [0.5, 0.6) is 0 Å². The second kappa shape index (κ2) is 4.06. The average molecular weight is 216 g/mol. The van der Waals surface area contributed by atoms with E-state index in [1.54, 1.807) is 12.3 Å². The Bertz CT molecular complexity index is 538. The molecule has 0 aliphatic rings. The Labute approximate surface area is 92.5 Å². The molecule has 82 valence electrons. The predicted octanol–water partition coefficient (Wildman–Crippen LogP) is 0.714. The maximum atomic E-state index is 10.7. The highest BCUT2D eigenvalue weighted by atomic mass is 16.1. The molecule has 0 atom stereocenters. The summed E-state index contributed by atoms with van der Waals surface area (Å²) in [7, 11) is 0. The lowest BCUT2D eigenvalue weighted by Crippen LogP contribution is -2.21. The zero-order valence-electron chi connectivity index (χ0n) is 8.60. The molecule has 0 fully saturated rings. The van der Waals surface area contributed by atoms with Crippen molar-refractivity contribution in [3.05, 3.63) is 30.5 Å². The maximum Gasteiger partial charge on any atom is 0.236 e. The van der Waals surface area contributed by atoms with Crippen molar-refractivity contribution in [3.63, 3.8) is 0 Å². The van der Waals surface area contributed by atoms with Gasteiger partial charge in [0.2, 0.25) is 5.91 Å². The molecule has 5 nitrogen and oxygen atoms in total. The molecule has 0 aliphatic carbocycles. The third kappa shape index (κ3) is 1.88. The fourth-order valence-corrected chi connectivity index (χ4v) is 1.53. The van der Waals surface area contributed by atoms with Gasteiger partial charge in [0.15, 0.2) is 0 Å². The number of amides is 1. The molecule has 5 heteroatoms. The van der Waals surface area contributed by atoms with Crippen molar-refractivity contribution in [2.24, 2.45) is 5.73 Å². The van der Waals surface area contributed by atoms with Gasteiger partial charge in [-0.2, -0.15) is 0 Å². The molecular formula is C11H12N4O.